The number of carbonyl (C=O) groups excluding carboxylic acids is 1. The number of nitrogen functional groups attached to an aromatic ring is 1. The van der Waals surface area contributed by atoms with Gasteiger partial charge < -0.3 is 10.5 Å². The molecule has 1 atom stereocenters. The summed E-state index contributed by atoms with van der Waals surface area (Å²) in [5.41, 5.74) is 5.64. The van der Waals surface area contributed by atoms with Crippen LogP contribution in [0.4, 0.5) is 5.69 Å². The third-order valence-corrected chi connectivity index (χ3v) is 4.07. The lowest BCUT2D eigenvalue weighted by molar-refractivity contribution is -0.144. The second-order valence-electron chi connectivity index (χ2n) is 3.78. The van der Waals surface area contributed by atoms with Crippen molar-refractivity contribution in [2.45, 2.75) is 24.8 Å². The van der Waals surface area contributed by atoms with Gasteiger partial charge in [-0.05, 0) is 32.0 Å². The van der Waals surface area contributed by atoms with Crippen LogP contribution in [0, 0.1) is 0 Å². The molecule has 0 bridgehead atoms. The molecule has 0 aromatic heterocycles. The van der Waals surface area contributed by atoms with Crippen molar-refractivity contribution in [3.63, 3.8) is 0 Å². The van der Waals surface area contributed by atoms with Crippen LogP contribution in [0.25, 0.3) is 0 Å². The number of benzene rings is 1. The number of ether oxygens (including phenoxy) is 1. The molecule has 19 heavy (non-hydrogen) atoms. The Balaban J connectivity index is 2.99. The van der Waals surface area contributed by atoms with Gasteiger partial charge in [0, 0.05) is 5.02 Å². The van der Waals surface area contributed by atoms with Crippen molar-refractivity contribution >= 4 is 33.3 Å². The maximum Gasteiger partial charge on any atom is 0.323 e. The van der Waals surface area contributed by atoms with Crippen LogP contribution in [-0.4, -0.2) is 27.0 Å². The van der Waals surface area contributed by atoms with E-state index in [0.717, 1.165) is 0 Å². The molecule has 106 valence electrons. The van der Waals surface area contributed by atoms with Gasteiger partial charge >= 0.3 is 5.97 Å². The zero-order chi connectivity index (χ0) is 14.6. The van der Waals surface area contributed by atoms with E-state index in [4.69, 9.17) is 22.1 Å². The lowest BCUT2D eigenvalue weighted by Crippen LogP contribution is -2.39. The fourth-order valence-electron chi connectivity index (χ4n) is 1.35. The Morgan fingerprint density at radius 3 is 2.74 bits per heavy atom. The average Bonchev–Trinajstić information content (AvgIpc) is 2.31. The number of hydrogen-bond acceptors (Lipinski definition) is 5. The first-order valence-corrected chi connectivity index (χ1v) is 7.38. The summed E-state index contributed by atoms with van der Waals surface area (Å²) in [5.74, 6) is -0.660. The van der Waals surface area contributed by atoms with Gasteiger partial charge in [-0.1, -0.05) is 11.6 Å². The fraction of sp³-hybridized carbons (Fsp3) is 0.364. The first-order valence-electron chi connectivity index (χ1n) is 5.52. The van der Waals surface area contributed by atoms with Crippen molar-refractivity contribution in [3.8, 4) is 0 Å². The molecule has 6 nitrogen and oxygen atoms in total. The van der Waals surface area contributed by atoms with E-state index in [1.54, 1.807) is 6.92 Å². The van der Waals surface area contributed by atoms with Crippen LogP contribution < -0.4 is 10.5 Å². The highest BCUT2D eigenvalue weighted by Crippen LogP contribution is 2.22. The lowest BCUT2D eigenvalue weighted by atomic mass is 10.3. The number of carbonyl (C=O) groups is 1. The predicted octanol–water partition coefficient (Wildman–Crippen LogP) is 1.15. The zero-order valence-electron chi connectivity index (χ0n) is 10.5. The minimum atomic E-state index is -3.94. The number of sulfonamides is 1. The Morgan fingerprint density at radius 1 is 1.53 bits per heavy atom. The number of esters is 1. The molecule has 1 aromatic carbocycles. The van der Waals surface area contributed by atoms with Gasteiger partial charge in [0.05, 0.1) is 12.3 Å². The Labute approximate surface area is 116 Å². The van der Waals surface area contributed by atoms with Crippen LogP contribution in [0.2, 0.25) is 5.02 Å². The molecule has 0 saturated heterocycles. The van der Waals surface area contributed by atoms with Crippen molar-refractivity contribution in [1.82, 2.24) is 4.72 Å². The Bertz CT molecular complexity index is 574. The van der Waals surface area contributed by atoms with Gasteiger partial charge in [-0.2, -0.15) is 4.72 Å². The van der Waals surface area contributed by atoms with Gasteiger partial charge in [0.15, 0.2) is 0 Å². The molecule has 0 spiro atoms. The number of nitrogens with one attached hydrogen (secondary N) is 1. The summed E-state index contributed by atoms with van der Waals surface area (Å²) in [6, 6.07) is 3.07. The van der Waals surface area contributed by atoms with E-state index < -0.39 is 22.0 Å². The molecule has 8 heteroatoms. The first-order chi connectivity index (χ1) is 8.77. The molecule has 0 aliphatic heterocycles. The van der Waals surface area contributed by atoms with Crippen LogP contribution in [0.5, 0.6) is 0 Å². The van der Waals surface area contributed by atoms with E-state index in [2.05, 4.69) is 4.72 Å². The van der Waals surface area contributed by atoms with Gasteiger partial charge in [0.25, 0.3) is 0 Å². The highest BCUT2D eigenvalue weighted by molar-refractivity contribution is 7.89. The minimum absolute atomic E-state index is 0.0490. The van der Waals surface area contributed by atoms with Crippen molar-refractivity contribution < 1.29 is 17.9 Å². The summed E-state index contributed by atoms with van der Waals surface area (Å²) >= 11 is 5.73. The molecule has 0 aliphatic rings. The van der Waals surface area contributed by atoms with Crippen molar-refractivity contribution in [2.24, 2.45) is 0 Å². The zero-order valence-corrected chi connectivity index (χ0v) is 12.1. The molecule has 0 amide bonds. The number of rotatable bonds is 5. The standard InChI is InChI=1S/C11H15ClN2O4S/c1-3-18-11(15)7(2)14-19(16,17)10-6-8(12)4-5-9(10)13/h4-7,14H,3,13H2,1-2H3. The topological polar surface area (TPSA) is 98.5 Å². The van der Waals surface area contributed by atoms with Gasteiger partial charge in [0.1, 0.15) is 10.9 Å². The minimum Gasteiger partial charge on any atom is -0.465 e. The first kappa shape index (κ1) is 15.7. The highest BCUT2D eigenvalue weighted by Gasteiger charge is 2.24. The van der Waals surface area contributed by atoms with Gasteiger partial charge in [-0.25, -0.2) is 8.42 Å². The largest absolute Gasteiger partial charge is 0.465 e. The highest BCUT2D eigenvalue weighted by atomic mass is 35.5. The lowest BCUT2D eigenvalue weighted by Gasteiger charge is -2.14. The maximum atomic E-state index is 12.1. The number of nitrogens with two attached hydrogens (primary N) is 1. The smallest absolute Gasteiger partial charge is 0.323 e. The SMILES string of the molecule is CCOC(=O)C(C)NS(=O)(=O)c1cc(Cl)ccc1N. The van der Waals surface area contributed by atoms with Crippen LogP contribution in [0.3, 0.4) is 0 Å². The summed E-state index contributed by atoms with van der Waals surface area (Å²) in [7, 11) is -3.94. The van der Waals surface area contributed by atoms with Crippen molar-refractivity contribution in [1.29, 1.82) is 0 Å². The normalized spacial score (nSPS) is 13.0. The average molecular weight is 307 g/mol. The molecular formula is C11H15ClN2O4S. The fourth-order valence-corrected chi connectivity index (χ4v) is 2.94. The van der Waals surface area contributed by atoms with E-state index >= 15 is 0 Å². The molecule has 0 heterocycles. The molecule has 3 N–H and O–H groups in total. The molecule has 1 unspecified atom stereocenters. The predicted molar refractivity (Wildman–Crippen MR) is 72.3 cm³/mol. The monoisotopic (exact) mass is 306 g/mol. The quantitative estimate of drug-likeness (QED) is 0.628. The second-order valence-corrected chi connectivity index (χ2v) is 5.90. The van der Waals surface area contributed by atoms with Crippen LogP contribution >= 0.6 is 11.6 Å². The van der Waals surface area contributed by atoms with Crippen LogP contribution in [-0.2, 0) is 19.6 Å². The summed E-state index contributed by atoms with van der Waals surface area (Å²) < 4.78 is 31.0. The number of halogens is 1. The van der Waals surface area contributed by atoms with Crippen molar-refractivity contribution in [3.05, 3.63) is 23.2 Å². The maximum absolute atomic E-state index is 12.1. The van der Waals surface area contributed by atoms with Crippen molar-refractivity contribution in [2.75, 3.05) is 12.3 Å². The molecule has 0 aliphatic carbocycles. The summed E-state index contributed by atoms with van der Waals surface area (Å²) in [4.78, 5) is 11.2. The number of anilines is 1. The van der Waals surface area contributed by atoms with E-state index in [0.29, 0.717) is 0 Å². The Hall–Kier alpha value is -1.31. The van der Waals surface area contributed by atoms with Gasteiger partial charge in [-0.3, -0.25) is 4.79 Å². The van der Waals surface area contributed by atoms with E-state index in [9.17, 15) is 13.2 Å². The third kappa shape index (κ3) is 4.09. The van der Waals surface area contributed by atoms with E-state index in [-0.39, 0.29) is 22.2 Å². The van der Waals surface area contributed by atoms with Crippen LogP contribution in [0.15, 0.2) is 23.1 Å². The number of hydrogen-bond donors (Lipinski definition) is 2. The molecular weight excluding hydrogens is 292 g/mol. The van der Waals surface area contributed by atoms with Gasteiger partial charge in [-0.15, -0.1) is 0 Å². The Morgan fingerprint density at radius 2 is 2.16 bits per heavy atom. The van der Waals surface area contributed by atoms with Gasteiger partial charge in [0.2, 0.25) is 10.0 Å². The van der Waals surface area contributed by atoms with E-state index in [1.165, 1.54) is 25.1 Å². The second kappa shape index (κ2) is 6.23. The summed E-state index contributed by atoms with van der Waals surface area (Å²) in [5, 5.41) is 0.235. The van der Waals surface area contributed by atoms with Crippen LogP contribution in [0.1, 0.15) is 13.8 Å². The molecule has 0 saturated carbocycles. The Kier molecular flexibility index (Phi) is 5.16. The third-order valence-electron chi connectivity index (χ3n) is 2.24. The molecule has 1 aromatic rings. The molecule has 0 radical (unpaired) electrons. The summed E-state index contributed by atoms with van der Waals surface area (Å²) in [6.45, 7) is 3.19. The van der Waals surface area contributed by atoms with E-state index in [1.807, 2.05) is 0 Å². The summed E-state index contributed by atoms with van der Waals surface area (Å²) in [6.07, 6.45) is 0. The molecule has 0 fully saturated rings. The molecule has 1 rings (SSSR count).